The Labute approximate surface area is 132 Å². The van der Waals surface area contributed by atoms with E-state index in [-0.39, 0.29) is 5.82 Å². The second-order valence-corrected chi connectivity index (χ2v) is 5.00. The van der Waals surface area contributed by atoms with Crippen molar-refractivity contribution in [2.45, 2.75) is 6.92 Å². The zero-order chi connectivity index (χ0) is 16.2. The lowest BCUT2D eigenvalue weighted by atomic mass is 10.1. The standard InChI is InChI=1S/C18H13FN2O2/c1-12-10-20-17(21-11-12)13-2-4-14(5-3-13)18(22)23-16-8-6-15(19)7-9-16/h2-11H,1H3. The van der Waals surface area contributed by atoms with Crippen LogP contribution < -0.4 is 4.74 Å². The minimum atomic E-state index is -0.506. The fraction of sp³-hybridized carbons (Fsp3) is 0.0556. The molecule has 3 aromatic rings. The largest absolute Gasteiger partial charge is 0.423 e. The van der Waals surface area contributed by atoms with Crippen LogP contribution in [0.3, 0.4) is 0 Å². The zero-order valence-electron chi connectivity index (χ0n) is 12.4. The van der Waals surface area contributed by atoms with E-state index in [0.29, 0.717) is 17.1 Å². The van der Waals surface area contributed by atoms with Crippen molar-refractivity contribution < 1.29 is 13.9 Å². The summed E-state index contributed by atoms with van der Waals surface area (Å²) in [5.41, 5.74) is 2.18. The molecular formula is C18H13FN2O2. The highest BCUT2D eigenvalue weighted by Crippen LogP contribution is 2.17. The van der Waals surface area contributed by atoms with Gasteiger partial charge in [0.1, 0.15) is 11.6 Å². The molecule has 0 bridgehead atoms. The molecule has 0 atom stereocenters. The quantitative estimate of drug-likeness (QED) is 0.545. The normalized spacial score (nSPS) is 10.3. The molecular weight excluding hydrogens is 295 g/mol. The van der Waals surface area contributed by atoms with E-state index in [1.54, 1.807) is 36.7 Å². The van der Waals surface area contributed by atoms with E-state index in [1.807, 2.05) is 6.92 Å². The Kier molecular flexibility index (Phi) is 4.10. The van der Waals surface area contributed by atoms with E-state index in [4.69, 9.17) is 4.74 Å². The summed E-state index contributed by atoms with van der Waals surface area (Å²) in [5.74, 6) is -0.00312. The molecule has 0 radical (unpaired) electrons. The third-order valence-corrected chi connectivity index (χ3v) is 3.18. The highest BCUT2D eigenvalue weighted by Gasteiger charge is 2.09. The van der Waals surface area contributed by atoms with Crippen LogP contribution in [0.4, 0.5) is 4.39 Å². The van der Waals surface area contributed by atoms with Crippen LogP contribution in [0.2, 0.25) is 0 Å². The van der Waals surface area contributed by atoms with Gasteiger partial charge in [0, 0.05) is 18.0 Å². The zero-order valence-corrected chi connectivity index (χ0v) is 12.4. The number of nitrogens with zero attached hydrogens (tertiary/aromatic N) is 2. The number of hydrogen-bond acceptors (Lipinski definition) is 4. The number of hydrogen-bond donors (Lipinski definition) is 0. The second-order valence-electron chi connectivity index (χ2n) is 5.00. The van der Waals surface area contributed by atoms with Crippen LogP contribution in [-0.4, -0.2) is 15.9 Å². The van der Waals surface area contributed by atoms with E-state index in [0.717, 1.165) is 11.1 Å². The Balaban J connectivity index is 1.74. The number of esters is 1. The summed E-state index contributed by atoms with van der Waals surface area (Å²) in [4.78, 5) is 20.5. The molecule has 3 rings (SSSR count). The molecule has 1 aromatic heterocycles. The molecule has 1 heterocycles. The molecule has 23 heavy (non-hydrogen) atoms. The summed E-state index contributed by atoms with van der Waals surface area (Å²) in [6.45, 7) is 1.92. The van der Waals surface area contributed by atoms with Crippen LogP contribution in [-0.2, 0) is 0 Å². The van der Waals surface area contributed by atoms with Gasteiger partial charge in [-0.1, -0.05) is 12.1 Å². The maximum absolute atomic E-state index is 12.8. The Morgan fingerprint density at radius 3 is 2.17 bits per heavy atom. The molecule has 0 aliphatic carbocycles. The minimum absolute atomic E-state index is 0.294. The predicted molar refractivity (Wildman–Crippen MR) is 83.6 cm³/mol. The van der Waals surface area contributed by atoms with Gasteiger partial charge in [0.15, 0.2) is 5.82 Å². The van der Waals surface area contributed by atoms with Gasteiger partial charge in [-0.3, -0.25) is 0 Å². The number of carbonyl (C=O) groups excluding carboxylic acids is 1. The molecule has 114 valence electrons. The summed E-state index contributed by atoms with van der Waals surface area (Å²) in [7, 11) is 0. The first-order valence-electron chi connectivity index (χ1n) is 6.99. The van der Waals surface area contributed by atoms with Gasteiger partial charge in [-0.2, -0.15) is 0 Å². The molecule has 4 nitrogen and oxygen atoms in total. The van der Waals surface area contributed by atoms with Crippen LogP contribution in [0.5, 0.6) is 5.75 Å². The van der Waals surface area contributed by atoms with E-state index in [2.05, 4.69) is 9.97 Å². The Morgan fingerprint density at radius 2 is 1.57 bits per heavy atom. The number of aromatic nitrogens is 2. The van der Waals surface area contributed by atoms with Gasteiger partial charge in [-0.15, -0.1) is 0 Å². The Hall–Kier alpha value is -3.08. The molecule has 0 amide bonds. The molecule has 0 spiro atoms. The highest BCUT2D eigenvalue weighted by atomic mass is 19.1. The van der Waals surface area contributed by atoms with Crippen molar-refractivity contribution in [3.05, 3.63) is 77.9 Å². The van der Waals surface area contributed by atoms with Crippen molar-refractivity contribution in [3.8, 4) is 17.1 Å². The van der Waals surface area contributed by atoms with E-state index >= 15 is 0 Å². The number of ether oxygens (including phenoxy) is 1. The van der Waals surface area contributed by atoms with Gasteiger partial charge in [0.25, 0.3) is 0 Å². The fourth-order valence-corrected chi connectivity index (χ4v) is 1.97. The van der Waals surface area contributed by atoms with Crippen molar-refractivity contribution in [2.24, 2.45) is 0 Å². The number of benzene rings is 2. The molecule has 0 fully saturated rings. The highest BCUT2D eigenvalue weighted by molar-refractivity contribution is 5.91. The third kappa shape index (κ3) is 3.58. The first kappa shape index (κ1) is 14.8. The number of carbonyl (C=O) groups is 1. The van der Waals surface area contributed by atoms with Gasteiger partial charge < -0.3 is 4.74 Å². The van der Waals surface area contributed by atoms with Gasteiger partial charge in [0.2, 0.25) is 0 Å². The molecule has 5 heteroatoms. The van der Waals surface area contributed by atoms with Crippen LogP contribution >= 0.6 is 0 Å². The monoisotopic (exact) mass is 308 g/mol. The van der Waals surface area contributed by atoms with Gasteiger partial charge >= 0.3 is 5.97 Å². The summed E-state index contributed by atoms with van der Waals surface area (Å²) < 4.78 is 18.0. The van der Waals surface area contributed by atoms with Crippen molar-refractivity contribution in [1.29, 1.82) is 0 Å². The minimum Gasteiger partial charge on any atom is -0.423 e. The summed E-state index contributed by atoms with van der Waals surface area (Å²) in [5, 5.41) is 0. The molecule has 2 aromatic carbocycles. The first-order valence-corrected chi connectivity index (χ1v) is 6.99. The summed E-state index contributed by atoms with van der Waals surface area (Å²) >= 11 is 0. The third-order valence-electron chi connectivity index (χ3n) is 3.18. The maximum atomic E-state index is 12.8. The van der Waals surface area contributed by atoms with E-state index in [9.17, 15) is 9.18 Å². The maximum Gasteiger partial charge on any atom is 0.343 e. The van der Waals surface area contributed by atoms with Crippen LogP contribution in [0, 0.1) is 12.7 Å². The van der Waals surface area contributed by atoms with Crippen LogP contribution in [0.1, 0.15) is 15.9 Å². The number of halogens is 1. The average molecular weight is 308 g/mol. The second kappa shape index (κ2) is 6.36. The molecule has 0 saturated heterocycles. The molecule has 0 unspecified atom stereocenters. The first-order chi connectivity index (χ1) is 11.1. The van der Waals surface area contributed by atoms with Gasteiger partial charge in [0.05, 0.1) is 5.56 Å². The van der Waals surface area contributed by atoms with Crippen LogP contribution in [0.15, 0.2) is 60.9 Å². The van der Waals surface area contributed by atoms with Crippen molar-refractivity contribution >= 4 is 5.97 Å². The molecule has 0 N–H and O–H groups in total. The van der Waals surface area contributed by atoms with Gasteiger partial charge in [-0.05, 0) is 48.9 Å². The Bertz CT molecular complexity index is 813. The topological polar surface area (TPSA) is 52.1 Å². The number of aryl methyl sites for hydroxylation is 1. The molecule has 0 aliphatic rings. The van der Waals surface area contributed by atoms with E-state index < -0.39 is 5.97 Å². The van der Waals surface area contributed by atoms with Crippen molar-refractivity contribution in [3.63, 3.8) is 0 Å². The average Bonchev–Trinajstić information content (AvgIpc) is 2.58. The lowest BCUT2D eigenvalue weighted by Crippen LogP contribution is -2.08. The lowest BCUT2D eigenvalue weighted by molar-refractivity contribution is 0.0734. The fourth-order valence-electron chi connectivity index (χ4n) is 1.97. The lowest BCUT2D eigenvalue weighted by Gasteiger charge is -2.05. The Morgan fingerprint density at radius 1 is 0.957 bits per heavy atom. The molecule has 0 aliphatic heterocycles. The predicted octanol–water partition coefficient (Wildman–Crippen LogP) is 3.81. The van der Waals surface area contributed by atoms with Gasteiger partial charge in [-0.25, -0.2) is 19.2 Å². The van der Waals surface area contributed by atoms with Crippen LogP contribution in [0.25, 0.3) is 11.4 Å². The summed E-state index contributed by atoms with van der Waals surface area (Å²) in [6.07, 6.45) is 3.47. The van der Waals surface area contributed by atoms with Crippen molar-refractivity contribution in [1.82, 2.24) is 9.97 Å². The smallest absolute Gasteiger partial charge is 0.343 e. The SMILES string of the molecule is Cc1cnc(-c2ccc(C(=O)Oc3ccc(F)cc3)cc2)nc1. The van der Waals surface area contributed by atoms with Crippen molar-refractivity contribution in [2.75, 3.05) is 0 Å². The summed E-state index contributed by atoms with van der Waals surface area (Å²) in [6, 6.07) is 12.1. The van der Waals surface area contributed by atoms with E-state index in [1.165, 1.54) is 24.3 Å². The molecule has 0 saturated carbocycles. The number of rotatable bonds is 3.